The molecule has 1 aromatic heterocycles. The molecule has 4 aliphatic rings. The van der Waals surface area contributed by atoms with Gasteiger partial charge in [-0.1, -0.05) is 63.4 Å². The second kappa shape index (κ2) is 44.1. The number of hydrogen-bond acceptors (Lipinski definition) is 28. The number of carboxylic acid groups (broad SMARTS) is 1. The van der Waals surface area contributed by atoms with E-state index in [1.165, 1.54) is 26.4 Å². The highest BCUT2D eigenvalue weighted by Gasteiger charge is 2.44. The molecule has 0 aliphatic carbocycles. The zero-order chi connectivity index (χ0) is 80.9. The maximum atomic E-state index is 14.7. The molecule has 0 radical (unpaired) electrons. The van der Waals surface area contributed by atoms with Crippen LogP contribution in [0.4, 0.5) is 0 Å². The van der Waals surface area contributed by atoms with Gasteiger partial charge in [0, 0.05) is 54.4 Å². The Morgan fingerprint density at radius 1 is 0.541 bits per heavy atom. The van der Waals surface area contributed by atoms with Crippen LogP contribution in [0.3, 0.4) is 0 Å². The Kier molecular flexibility index (Phi) is 36.4. The minimum Gasteiger partial charge on any atom is -0.481 e. The van der Waals surface area contributed by atoms with Crippen LogP contribution in [0.25, 0.3) is 0 Å². The van der Waals surface area contributed by atoms with Gasteiger partial charge in [-0.3, -0.25) is 91.1 Å². The molecule has 0 saturated carbocycles. The number of amides is 18. The highest BCUT2D eigenvalue weighted by molar-refractivity contribution is 8.77. The van der Waals surface area contributed by atoms with E-state index in [-0.39, 0.29) is 57.3 Å². The number of aromatic amines is 1. The number of aliphatic carboxylic acids is 1. The fourth-order valence-corrected chi connectivity index (χ4v) is 16.0. The molecular formula is C61H94N22O22S4. The number of carboxylic acids is 1. The maximum Gasteiger partial charge on any atom is 0.305 e. The Bertz CT molecular complexity index is 3510. The number of aromatic nitrogens is 2. The molecule has 604 valence electrons. The number of rotatable bonds is 17. The van der Waals surface area contributed by atoms with Gasteiger partial charge in [-0.2, -0.15) is 0 Å². The second-order valence-electron chi connectivity index (χ2n) is 25.6. The fraction of sp³-hybridized carbons (Fsp3) is 0.639. The molecule has 4 aliphatic heterocycles. The van der Waals surface area contributed by atoms with Crippen LogP contribution in [0.15, 0.2) is 12.5 Å². The Morgan fingerprint density at radius 2 is 1.00 bits per heavy atom. The zero-order valence-electron chi connectivity index (χ0n) is 59.5. The average Bonchev–Trinajstić information content (AvgIpc) is 1.73. The molecule has 18 amide bonds. The van der Waals surface area contributed by atoms with Crippen molar-refractivity contribution in [2.75, 3.05) is 62.4 Å². The molecule has 0 aromatic carbocycles. The minimum absolute atomic E-state index is 0.0278. The van der Waals surface area contributed by atoms with Gasteiger partial charge in [0.1, 0.15) is 90.6 Å². The molecule has 5 rings (SSSR count). The third-order valence-corrected chi connectivity index (χ3v) is 22.3. The lowest BCUT2D eigenvalue weighted by Crippen LogP contribution is -2.62. The molecule has 109 heavy (non-hydrogen) atoms. The number of aliphatic hydroxyl groups excluding tert-OH is 2. The smallest absolute Gasteiger partial charge is 0.305 e. The first kappa shape index (κ1) is 90.0. The van der Waals surface area contributed by atoms with E-state index >= 15 is 0 Å². The van der Waals surface area contributed by atoms with Gasteiger partial charge in [0.15, 0.2) is 0 Å². The quantitative estimate of drug-likeness (QED) is 0.0644. The van der Waals surface area contributed by atoms with Crippen molar-refractivity contribution in [1.82, 2.24) is 88.9 Å². The van der Waals surface area contributed by atoms with E-state index in [4.69, 9.17) is 28.7 Å². The number of carbonyl (C=O) groups is 19. The van der Waals surface area contributed by atoms with Crippen molar-refractivity contribution < 1.29 is 106 Å². The number of hydrogen-bond donors (Lipinski definition) is 22. The lowest BCUT2D eigenvalue weighted by atomic mass is 9.97. The first-order chi connectivity index (χ1) is 51.6. The predicted octanol–water partition coefficient (Wildman–Crippen LogP) is -11.9. The Hall–Kier alpha value is -9.62. The molecule has 2 bridgehead atoms. The van der Waals surface area contributed by atoms with E-state index in [9.17, 15) is 106 Å². The Balaban J connectivity index is 1.64. The lowest BCUT2D eigenvalue weighted by Gasteiger charge is -2.31. The molecule has 1 aromatic rings. The van der Waals surface area contributed by atoms with Crippen LogP contribution in [0.5, 0.6) is 0 Å². The first-order valence-corrected chi connectivity index (χ1v) is 39.3. The first-order valence-electron chi connectivity index (χ1n) is 34.4. The molecule has 27 N–H and O–H groups in total. The summed E-state index contributed by atoms with van der Waals surface area (Å²) in [5.41, 5.74) is 28.5. The van der Waals surface area contributed by atoms with Gasteiger partial charge in [-0.25, -0.2) is 4.98 Å². The number of aliphatic hydroxyl groups is 2. The summed E-state index contributed by atoms with van der Waals surface area (Å²) in [6.45, 7) is 0.529. The van der Waals surface area contributed by atoms with Gasteiger partial charge in [-0.05, 0) is 51.5 Å². The van der Waals surface area contributed by atoms with Crippen LogP contribution in [0.2, 0.25) is 0 Å². The fourth-order valence-electron chi connectivity index (χ4n) is 11.4. The highest BCUT2D eigenvalue weighted by Crippen LogP contribution is 2.27. The second-order valence-corrected chi connectivity index (χ2v) is 30.7. The van der Waals surface area contributed by atoms with E-state index in [0.717, 1.165) is 53.0 Å². The van der Waals surface area contributed by atoms with Crippen LogP contribution in [0, 0.1) is 5.92 Å². The number of nitrogens with two attached hydrogens (primary N) is 5. The molecule has 44 nitrogen and oxygen atoms in total. The molecule has 4 fully saturated rings. The third-order valence-electron chi connectivity index (χ3n) is 17.5. The number of nitrogens with zero attached hydrogens (tertiary/aromatic N) is 3. The van der Waals surface area contributed by atoms with Gasteiger partial charge >= 0.3 is 5.97 Å². The van der Waals surface area contributed by atoms with Gasteiger partial charge in [0.2, 0.25) is 106 Å². The normalized spacial score (nSPS) is 28.6. The van der Waals surface area contributed by atoms with Crippen LogP contribution in [-0.4, -0.2) is 300 Å². The number of nitrogens with one attached hydrogen (secondary N) is 14. The molecular weight excluding hydrogens is 1520 g/mol. The van der Waals surface area contributed by atoms with Crippen molar-refractivity contribution in [2.24, 2.45) is 34.6 Å². The summed E-state index contributed by atoms with van der Waals surface area (Å²) in [6.07, 6.45) is -1.04. The van der Waals surface area contributed by atoms with Crippen molar-refractivity contribution in [2.45, 2.75) is 176 Å². The number of fused-ring (bicyclic) bond motifs is 10. The Labute approximate surface area is 638 Å². The summed E-state index contributed by atoms with van der Waals surface area (Å²) in [6, 6.07) is -26.1. The van der Waals surface area contributed by atoms with Crippen LogP contribution >= 0.6 is 43.2 Å². The van der Waals surface area contributed by atoms with Crippen molar-refractivity contribution in [3.63, 3.8) is 0 Å². The lowest BCUT2D eigenvalue weighted by molar-refractivity contribution is -0.145. The zero-order valence-corrected chi connectivity index (χ0v) is 62.8. The number of primary amides is 3. The molecule has 0 spiro atoms. The van der Waals surface area contributed by atoms with E-state index < -0.39 is 284 Å². The summed E-state index contributed by atoms with van der Waals surface area (Å²) >= 11 is 0. The van der Waals surface area contributed by atoms with Gasteiger partial charge < -0.3 is 128 Å². The van der Waals surface area contributed by atoms with Crippen LogP contribution < -0.4 is 97.8 Å². The summed E-state index contributed by atoms with van der Waals surface area (Å²) in [5, 5.41) is 62.1. The van der Waals surface area contributed by atoms with Gasteiger partial charge in [0.05, 0.1) is 45.3 Å². The van der Waals surface area contributed by atoms with Crippen molar-refractivity contribution >= 4 is 155 Å². The van der Waals surface area contributed by atoms with Gasteiger partial charge in [-0.15, -0.1) is 0 Å². The topological polar surface area (TPSA) is 707 Å². The summed E-state index contributed by atoms with van der Waals surface area (Å²) in [7, 11) is 3.06. The van der Waals surface area contributed by atoms with Crippen molar-refractivity contribution in [1.29, 1.82) is 0 Å². The van der Waals surface area contributed by atoms with Crippen LogP contribution in [-0.2, 0) is 97.5 Å². The number of H-pyrrole nitrogens is 1. The van der Waals surface area contributed by atoms with Crippen LogP contribution in [0.1, 0.15) is 84.3 Å². The van der Waals surface area contributed by atoms with E-state index in [1.54, 1.807) is 6.92 Å². The van der Waals surface area contributed by atoms with E-state index in [2.05, 4.69) is 79.1 Å². The largest absolute Gasteiger partial charge is 0.481 e. The molecule has 16 atom stereocenters. The van der Waals surface area contributed by atoms with E-state index in [1.807, 2.05) is 0 Å². The number of imidazole rings is 1. The molecule has 48 heteroatoms. The predicted molar refractivity (Wildman–Crippen MR) is 388 cm³/mol. The Morgan fingerprint density at radius 3 is 1.51 bits per heavy atom. The van der Waals surface area contributed by atoms with Crippen molar-refractivity contribution in [3.8, 4) is 0 Å². The maximum absolute atomic E-state index is 14.7. The van der Waals surface area contributed by atoms with E-state index in [0.29, 0.717) is 0 Å². The minimum atomic E-state index is -2.04. The number of carbonyl (C=O) groups excluding carboxylic acids is 18. The standard InChI is InChI=1S/C61H94N22O22S4/c1-4-26(2)46-59(103)78-36(47(66)91)21-106-108-24-39-56(100)77-35(20-85)53(97)74-32(13-28-18-67-25-68-28)60(104)82-11-5-7-40(82)57(101)69-27(3)48(92)79-38(23-109-107-22-37(54(98)80-39)70-44(88)17-63)55(99)76-34(19-84)52(96)71-29(9-10-62)49(93)72-30(14-42(64)86)50(94)75-33(15-43(65)87)61(105)83-12-6-8-41(83)58(102)73-31(16-45(89)90)51(95)81-46/h18,25-27,29-41,46,84-85H,4-17,19-24,62-63H2,1-3H3,(H2,64,86)(H2,65,87)(H2,66,91)(H,67,68)(H,69,101)(H,70,88)(H,71,96)(H,72,93)(H,73,102)(H,74,97)(H,75,94)(H,76,99)(H,77,100)(H,78,103)(H,79,92)(H,80,98)(H,81,95)(H,89,90)/t26-,27-,29?,30-,31-,32-,33-,34-,35-,36-,37-,38-,39-,40-,41-,46-/m0/s1. The molecule has 1 unspecified atom stereocenters. The average molecular weight is 1620 g/mol. The highest BCUT2D eigenvalue weighted by atomic mass is 33.1. The summed E-state index contributed by atoms with van der Waals surface area (Å²) in [5.74, 6) is -24.9. The third kappa shape index (κ3) is 27.5. The monoisotopic (exact) mass is 1610 g/mol. The summed E-state index contributed by atoms with van der Waals surface area (Å²) < 4.78 is 0. The van der Waals surface area contributed by atoms with Gasteiger partial charge in [0.25, 0.3) is 0 Å². The SMILES string of the molecule is CC[C@H](C)[C@@H]1NC(=O)[C@H](CC(=O)O)NC(=O)[C@@H]2CCCN2C(=O)[C@H](CC(N)=O)NC(=O)[C@H](CC(N)=O)NC(=O)C(CCN)NC(=O)[C@H](CO)NC(=O)[C@@H]2CSSC[C@H](NC(=O)CN)C(=O)N[C@@H](CSSC[C@@H](C(N)=O)NC1=O)C(=O)N[C@@H](CO)C(=O)N[C@@H](Cc1cnc[nH]1)C(=O)N1CCC[C@H]1C(=O)N[C@@H](C)C(=O)N2. The van der Waals surface area contributed by atoms with Crippen molar-refractivity contribution in [3.05, 3.63) is 18.2 Å². The molecule has 5 heterocycles. The summed E-state index contributed by atoms with van der Waals surface area (Å²) in [4.78, 5) is 273. The molecule has 4 saturated heterocycles.